The van der Waals surface area contributed by atoms with E-state index in [9.17, 15) is 0 Å². The van der Waals surface area contributed by atoms with Crippen molar-refractivity contribution >= 4 is 21.5 Å². The average molecular weight is 411 g/mol. The predicted octanol–water partition coefficient (Wildman–Crippen LogP) is 3.42. The van der Waals surface area contributed by atoms with Crippen LogP contribution < -0.4 is 10.1 Å². The zero-order valence-corrected chi connectivity index (χ0v) is 17.7. The van der Waals surface area contributed by atoms with Gasteiger partial charge < -0.3 is 14.6 Å². The minimum Gasteiger partial charge on any atom is -0.748 e. The van der Waals surface area contributed by atoms with Crippen molar-refractivity contribution in [2.45, 2.75) is 31.6 Å². The van der Waals surface area contributed by atoms with E-state index < -0.39 is 10.1 Å². The number of hydrogen-bond acceptors (Lipinski definition) is 6. The molecule has 27 heavy (non-hydrogen) atoms. The predicted molar refractivity (Wildman–Crippen MR) is 110 cm³/mol. The summed E-state index contributed by atoms with van der Waals surface area (Å²) < 4.78 is 32.6. The monoisotopic (exact) mass is 410 g/mol. The van der Waals surface area contributed by atoms with Gasteiger partial charge in [-0.3, -0.25) is 0 Å². The lowest BCUT2D eigenvalue weighted by molar-refractivity contribution is 0.365. The van der Waals surface area contributed by atoms with Gasteiger partial charge in [-0.15, -0.1) is 11.3 Å². The molecule has 0 aliphatic heterocycles. The summed E-state index contributed by atoms with van der Waals surface area (Å²) >= 11 is 1.88. The van der Waals surface area contributed by atoms with Gasteiger partial charge in [-0.25, -0.2) is 8.42 Å². The molecular weight excluding hydrogens is 382 g/mol. The summed E-state index contributed by atoms with van der Waals surface area (Å²) in [6.45, 7) is 1.08. The van der Waals surface area contributed by atoms with Gasteiger partial charge in [0.15, 0.2) is 0 Å². The number of nitrogens with one attached hydrogen (secondary N) is 1. The fraction of sp³-hybridized carbons (Fsp3) is 0.500. The van der Waals surface area contributed by atoms with E-state index in [4.69, 9.17) is 17.7 Å². The van der Waals surface area contributed by atoms with E-state index in [1.165, 1.54) is 36.1 Å². The number of rotatable bonds is 6. The third kappa shape index (κ3) is 7.25. The molecule has 1 aliphatic rings. The number of ether oxygens (including phenoxy) is 1. The van der Waals surface area contributed by atoms with Gasteiger partial charge in [0.05, 0.1) is 17.2 Å². The van der Waals surface area contributed by atoms with Crippen LogP contribution in [0.1, 0.15) is 34.8 Å². The van der Waals surface area contributed by atoms with Gasteiger partial charge in [0.2, 0.25) is 0 Å². The van der Waals surface area contributed by atoms with Crippen molar-refractivity contribution in [1.29, 1.82) is 0 Å². The van der Waals surface area contributed by atoms with E-state index >= 15 is 0 Å². The van der Waals surface area contributed by atoms with Crippen molar-refractivity contribution in [1.82, 2.24) is 5.32 Å². The highest BCUT2D eigenvalue weighted by molar-refractivity contribution is 7.84. The zero-order chi connectivity index (χ0) is 19.9. The highest BCUT2D eigenvalue weighted by Crippen LogP contribution is 2.39. The van der Waals surface area contributed by atoms with Crippen LogP contribution >= 0.6 is 11.3 Å². The molecule has 2 atom stereocenters. The number of methoxy groups -OCH3 is 1. The lowest BCUT2D eigenvalue weighted by atomic mass is 9.74. The van der Waals surface area contributed by atoms with Gasteiger partial charge >= 0.3 is 0 Å². The van der Waals surface area contributed by atoms with Gasteiger partial charge in [0.25, 0.3) is 0 Å². The van der Waals surface area contributed by atoms with E-state index in [-0.39, 0.29) is 0 Å². The molecule has 0 saturated carbocycles. The third-order valence-electron chi connectivity index (χ3n) is 4.79. The van der Waals surface area contributed by atoms with Crippen molar-refractivity contribution in [3.05, 3.63) is 51.7 Å². The molecule has 0 radical (unpaired) electrons. The number of hydrogen-bond donors (Lipinski definition) is 1. The minimum atomic E-state index is -3.92. The van der Waals surface area contributed by atoms with Crippen LogP contribution in [0.15, 0.2) is 35.7 Å². The molecule has 0 fully saturated rings. The van der Waals surface area contributed by atoms with E-state index in [2.05, 4.69) is 48.1 Å². The van der Waals surface area contributed by atoms with Crippen LogP contribution in [0.25, 0.3) is 0 Å². The molecule has 150 valence electrons. The van der Waals surface area contributed by atoms with Crippen LogP contribution in [0.2, 0.25) is 0 Å². The van der Waals surface area contributed by atoms with Gasteiger partial charge in [-0.05, 0) is 85.8 Å². The van der Waals surface area contributed by atoms with Crippen LogP contribution in [0, 0.1) is 5.92 Å². The topological polar surface area (TPSA) is 78.5 Å². The molecular formula is C20H28NO4S2-. The second-order valence-corrected chi connectivity index (χ2v) is 9.31. The average Bonchev–Trinajstić information content (AvgIpc) is 3.12. The summed E-state index contributed by atoms with van der Waals surface area (Å²) in [4.78, 5) is 1.50. The highest BCUT2D eigenvalue weighted by Gasteiger charge is 2.28. The first-order valence-electron chi connectivity index (χ1n) is 9.06. The quantitative estimate of drug-likeness (QED) is 0.738. The Kier molecular flexibility index (Phi) is 8.28. The first-order valence-corrected chi connectivity index (χ1v) is 11.8. The van der Waals surface area contributed by atoms with Gasteiger partial charge in [0.1, 0.15) is 5.75 Å². The third-order valence-corrected chi connectivity index (χ3v) is 5.69. The number of aryl methyl sites for hydroxylation is 1. The summed E-state index contributed by atoms with van der Waals surface area (Å²) in [5.74, 6) is 2.31. The number of thiophene rings is 1. The molecule has 1 aromatic carbocycles. The second kappa shape index (κ2) is 10.2. The molecule has 2 unspecified atom stereocenters. The molecule has 1 aliphatic carbocycles. The van der Waals surface area contributed by atoms with E-state index in [0.717, 1.165) is 12.3 Å². The van der Waals surface area contributed by atoms with Crippen LogP contribution in [0.4, 0.5) is 0 Å². The van der Waals surface area contributed by atoms with Gasteiger partial charge in [-0.2, -0.15) is 0 Å². The second-order valence-electron chi connectivity index (χ2n) is 6.87. The first kappa shape index (κ1) is 21.9. The lowest BCUT2D eigenvalue weighted by Gasteiger charge is -2.32. The van der Waals surface area contributed by atoms with Crippen molar-refractivity contribution in [2.24, 2.45) is 5.92 Å². The molecule has 1 aromatic heterocycles. The molecule has 0 amide bonds. The molecule has 0 saturated heterocycles. The van der Waals surface area contributed by atoms with Crippen LogP contribution in [0.5, 0.6) is 5.75 Å². The molecule has 1 N–H and O–H groups in total. The SMILES string of the molecule is CNCC(Cc1cccs1)C1CCCc2cc(OC)ccc21.CS(=O)(=O)[O-]. The summed E-state index contributed by atoms with van der Waals surface area (Å²) in [5, 5.41) is 5.60. The van der Waals surface area contributed by atoms with E-state index in [1.54, 1.807) is 12.7 Å². The molecule has 2 aromatic rings. The van der Waals surface area contributed by atoms with Crippen molar-refractivity contribution in [2.75, 3.05) is 27.0 Å². The molecule has 0 spiro atoms. The molecule has 3 rings (SSSR count). The van der Waals surface area contributed by atoms with Crippen molar-refractivity contribution in [3.63, 3.8) is 0 Å². The van der Waals surface area contributed by atoms with E-state index in [1.807, 2.05) is 11.3 Å². The van der Waals surface area contributed by atoms with Crippen LogP contribution in [0.3, 0.4) is 0 Å². The molecule has 7 heteroatoms. The summed E-state index contributed by atoms with van der Waals surface area (Å²) in [7, 11) is -0.0954. The van der Waals surface area contributed by atoms with Crippen molar-refractivity contribution in [3.8, 4) is 5.75 Å². The zero-order valence-electron chi connectivity index (χ0n) is 16.1. The maximum atomic E-state index is 9.08. The Hall–Kier alpha value is -1.41. The molecule has 5 nitrogen and oxygen atoms in total. The largest absolute Gasteiger partial charge is 0.748 e. The Balaban J connectivity index is 0.000000465. The minimum absolute atomic E-state index is 0.604. The fourth-order valence-corrected chi connectivity index (χ4v) is 4.55. The lowest BCUT2D eigenvalue weighted by Crippen LogP contribution is -2.28. The Morgan fingerprint density at radius 3 is 2.70 bits per heavy atom. The standard InChI is InChI=1S/C19H25NOS.CH4O3S/c1-20-13-15(12-17-6-4-10-22-17)18-7-3-5-14-11-16(21-2)8-9-19(14)18;1-5(2,3)4/h4,6,8-11,15,18,20H,3,5,7,12-13H2,1-2H3;1H3,(H,2,3,4)/p-1. The summed E-state index contributed by atoms with van der Waals surface area (Å²) in [6, 6.07) is 11.1. The van der Waals surface area contributed by atoms with Crippen LogP contribution in [-0.2, 0) is 23.0 Å². The maximum Gasteiger partial charge on any atom is 0.119 e. The maximum absolute atomic E-state index is 9.08. The van der Waals surface area contributed by atoms with Crippen LogP contribution in [-0.4, -0.2) is 39.9 Å². The Labute approximate surface area is 166 Å². The van der Waals surface area contributed by atoms with Gasteiger partial charge in [0, 0.05) is 11.1 Å². The molecule has 1 heterocycles. The smallest absolute Gasteiger partial charge is 0.119 e. The highest BCUT2D eigenvalue weighted by atomic mass is 32.2. The summed E-state index contributed by atoms with van der Waals surface area (Å²) in [5.41, 5.74) is 3.03. The first-order chi connectivity index (χ1) is 12.8. The Morgan fingerprint density at radius 1 is 1.37 bits per heavy atom. The Bertz CT molecular complexity index is 795. The summed E-state index contributed by atoms with van der Waals surface area (Å²) in [6.07, 6.45) is 5.56. The fourth-order valence-electron chi connectivity index (χ4n) is 3.75. The van der Waals surface area contributed by atoms with E-state index in [0.29, 0.717) is 18.1 Å². The van der Waals surface area contributed by atoms with Crippen molar-refractivity contribution < 1.29 is 17.7 Å². The normalized spacial score (nSPS) is 17.4. The molecule has 0 bridgehead atoms. The van der Waals surface area contributed by atoms with Gasteiger partial charge in [-0.1, -0.05) is 12.1 Å². The number of fused-ring (bicyclic) bond motifs is 1. The Morgan fingerprint density at radius 2 is 2.11 bits per heavy atom. The number of benzene rings is 1.